The molecule has 0 aromatic carbocycles. The largest absolute Gasteiger partial charge is 0.449 e. The van der Waals surface area contributed by atoms with E-state index in [4.69, 9.17) is 4.74 Å². The monoisotopic (exact) mass is 155 g/mol. The fourth-order valence-electron chi connectivity index (χ4n) is 1.83. The highest BCUT2D eigenvalue weighted by molar-refractivity contribution is 5.37. The molecule has 0 radical (unpaired) electrons. The third kappa shape index (κ3) is 1.38. The lowest BCUT2D eigenvalue weighted by Gasteiger charge is -2.29. The average molecular weight is 155 g/mol. The Morgan fingerprint density at radius 2 is 2.27 bits per heavy atom. The zero-order chi connectivity index (χ0) is 7.73. The second-order valence-electron chi connectivity index (χ2n) is 3.54. The number of ether oxygens (including phenoxy) is 1. The smallest absolute Gasteiger partial charge is 0.294 e. The second kappa shape index (κ2) is 2.48. The molecule has 1 aliphatic carbocycles. The molecule has 3 heteroatoms. The van der Waals surface area contributed by atoms with E-state index >= 15 is 0 Å². The van der Waals surface area contributed by atoms with Crippen LogP contribution < -0.4 is 5.32 Å². The number of rotatable bonds is 2. The maximum absolute atomic E-state index is 10.0. The van der Waals surface area contributed by atoms with Crippen LogP contribution in [0.2, 0.25) is 0 Å². The Hall–Kier alpha value is -0.570. The lowest BCUT2D eigenvalue weighted by atomic mass is 10.0. The van der Waals surface area contributed by atoms with Gasteiger partial charge in [-0.05, 0) is 32.1 Å². The Bertz CT molecular complexity index is 165. The number of carbonyl (C=O) groups excluding carboxylic acids is 1. The maximum atomic E-state index is 10.0. The molecule has 1 saturated heterocycles. The van der Waals surface area contributed by atoms with Crippen LogP contribution in [0.5, 0.6) is 0 Å². The van der Waals surface area contributed by atoms with E-state index in [-0.39, 0.29) is 6.23 Å². The van der Waals surface area contributed by atoms with Gasteiger partial charge in [-0.2, -0.15) is 0 Å². The minimum Gasteiger partial charge on any atom is -0.449 e. The van der Waals surface area contributed by atoms with E-state index in [2.05, 4.69) is 5.32 Å². The normalized spacial score (nSPS) is 33.3. The summed E-state index contributed by atoms with van der Waals surface area (Å²) in [5, 5.41) is 3.35. The van der Waals surface area contributed by atoms with Gasteiger partial charge in [0.1, 0.15) is 0 Å². The molecule has 0 amide bonds. The van der Waals surface area contributed by atoms with Gasteiger partial charge in [-0.25, -0.2) is 0 Å². The molecule has 2 fully saturated rings. The van der Waals surface area contributed by atoms with Crippen LogP contribution in [-0.4, -0.2) is 18.2 Å². The zero-order valence-electron chi connectivity index (χ0n) is 6.51. The highest BCUT2D eigenvalue weighted by Gasteiger charge is 2.45. The number of hydrogen-bond acceptors (Lipinski definition) is 3. The van der Waals surface area contributed by atoms with Gasteiger partial charge < -0.3 is 4.74 Å². The van der Waals surface area contributed by atoms with Gasteiger partial charge in [0.2, 0.25) is 0 Å². The van der Waals surface area contributed by atoms with E-state index in [1.807, 2.05) is 0 Å². The number of carbonyl (C=O) groups is 1. The molecule has 1 atom stereocenters. The summed E-state index contributed by atoms with van der Waals surface area (Å²) in [5.74, 6) is 0. The van der Waals surface area contributed by atoms with Crippen LogP contribution in [-0.2, 0) is 9.53 Å². The Kier molecular flexibility index (Phi) is 1.60. The number of piperidine rings is 1. The summed E-state index contributed by atoms with van der Waals surface area (Å²) in [6.45, 7) is 0.541. The second-order valence-corrected chi connectivity index (χ2v) is 3.54. The van der Waals surface area contributed by atoms with Gasteiger partial charge in [-0.1, -0.05) is 0 Å². The molecule has 0 aromatic heterocycles. The van der Waals surface area contributed by atoms with Crippen LogP contribution in [0.25, 0.3) is 0 Å². The Balaban J connectivity index is 1.88. The molecular weight excluding hydrogens is 142 g/mol. The lowest BCUT2D eigenvalue weighted by molar-refractivity contribution is -0.137. The number of hydrogen-bond donors (Lipinski definition) is 1. The van der Waals surface area contributed by atoms with Crippen molar-refractivity contribution < 1.29 is 9.53 Å². The van der Waals surface area contributed by atoms with E-state index in [0.717, 1.165) is 6.42 Å². The third-order valence-electron chi connectivity index (χ3n) is 2.66. The molecule has 62 valence electrons. The molecule has 11 heavy (non-hydrogen) atoms. The molecule has 0 aromatic rings. The van der Waals surface area contributed by atoms with Crippen molar-refractivity contribution in [2.24, 2.45) is 0 Å². The fourth-order valence-corrected chi connectivity index (χ4v) is 1.83. The van der Waals surface area contributed by atoms with E-state index in [9.17, 15) is 4.79 Å². The molecule has 1 N–H and O–H groups in total. The predicted molar refractivity (Wildman–Crippen MR) is 39.9 cm³/mol. The van der Waals surface area contributed by atoms with Gasteiger partial charge in [0.25, 0.3) is 6.47 Å². The van der Waals surface area contributed by atoms with Crippen molar-refractivity contribution in [1.29, 1.82) is 0 Å². The molecule has 1 aliphatic heterocycles. The van der Waals surface area contributed by atoms with E-state index in [1.54, 1.807) is 0 Å². The molecule has 2 rings (SSSR count). The molecule has 2 aliphatic rings. The van der Waals surface area contributed by atoms with E-state index in [1.165, 1.54) is 25.7 Å². The summed E-state index contributed by atoms with van der Waals surface area (Å²) in [4.78, 5) is 10.0. The van der Waals surface area contributed by atoms with Crippen molar-refractivity contribution in [2.75, 3.05) is 0 Å². The van der Waals surface area contributed by atoms with E-state index < -0.39 is 0 Å². The minimum absolute atomic E-state index is 0.0104. The van der Waals surface area contributed by atoms with Crippen LogP contribution in [0.15, 0.2) is 0 Å². The predicted octanol–water partition coefficient (Wildman–Crippen LogP) is 0.792. The average Bonchev–Trinajstić information content (AvgIpc) is 2.70. The SMILES string of the molecule is O=COC1CCCC2(CC2)N1. The first-order chi connectivity index (χ1) is 5.35. The van der Waals surface area contributed by atoms with Crippen LogP contribution >= 0.6 is 0 Å². The first kappa shape index (κ1) is 7.10. The van der Waals surface area contributed by atoms with Gasteiger partial charge in [-0.15, -0.1) is 0 Å². The molecule has 1 saturated carbocycles. The van der Waals surface area contributed by atoms with Gasteiger partial charge in [0, 0.05) is 5.54 Å². The maximum Gasteiger partial charge on any atom is 0.294 e. The highest BCUT2D eigenvalue weighted by atomic mass is 16.5. The van der Waals surface area contributed by atoms with Gasteiger partial charge in [0.15, 0.2) is 6.23 Å². The molecule has 0 bridgehead atoms. The molecule has 1 unspecified atom stereocenters. The summed E-state index contributed by atoms with van der Waals surface area (Å²) in [6.07, 6.45) is 5.92. The Morgan fingerprint density at radius 3 is 2.91 bits per heavy atom. The summed E-state index contributed by atoms with van der Waals surface area (Å²) in [7, 11) is 0. The zero-order valence-corrected chi connectivity index (χ0v) is 6.51. The third-order valence-corrected chi connectivity index (χ3v) is 2.66. The van der Waals surface area contributed by atoms with Gasteiger partial charge in [-0.3, -0.25) is 10.1 Å². The van der Waals surface area contributed by atoms with Crippen molar-refractivity contribution >= 4 is 6.47 Å². The molecule has 3 nitrogen and oxygen atoms in total. The van der Waals surface area contributed by atoms with Crippen molar-refractivity contribution in [1.82, 2.24) is 5.32 Å². The van der Waals surface area contributed by atoms with Crippen LogP contribution in [0.1, 0.15) is 32.1 Å². The molecule has 1 spiro atoms. The van der Waals surface area contributed by atoms with Gasteiger partial charge in [0.05, 0.1) is 0 Å². The Labute approximate surface area is 66.1 Å². The quantitative estimate of drug-likeness (QED) is 0.599. The molecule has 1 heterocycles. The van der Waals surface area contributed by atoms with E-state index in [0.29, 0.717) is 12.0 Å². The topological polar surface area (TPSA) is 38.3 Å². The fraction of sp³-hybridized carbons (Fsp3) is 0.875. The van der Waals surface area contributed by atoms with Crippen molar-refractivity contribution in [3.63, 3.8) is 0 Å². The summed E-state index contributed by atoms with van der Waals surface area (Å²) in [5.41, 5.74) is 0.367. The summed E-state index contributed by atoms with van der Waals surface area (Å²) < 4.78 is 4.87. The van der Waals surface area contributed by atoms with Crippen LogP contribution in [0.3, 0.4) is 0 Å². The van der Waals surface area contributed by atoms with Crippen molar-refractivity contribution in [2.45, 2.75) is 43.9 Å². The Morgan fingerprint density at radius 1 is 1.45 bits per heavy atom. The summed E-state index contributed by atoms with van der Waals surface area (Å²) >= 11 is 0. The standard InChI is InChI=1S/C8H13NO2/c10-6-11-7-2-1-3-8(9-7)4-5-8/h6-7,9H,1-5H2. The lowest BCUT2D eigenvalue weighted by Crippen LogP contribution is -2.45. The van der Waals surface area contributed by atoms with Crippen molar-refractivity contribution in [3.8, 4) is 0 Å². The number of nitrogens with one attached hydrogen (secondary N) is 1. The highest BCUT2D eigenvalue weighted by Crippen LogP contribution is 2.43. The van der Waals surface area contributed by atoms with Crippen molar-refractivity contribution in [3.05, 3.63) is 0 Å². The molecular formula is C8H13NO2. The minimum atomic E-state index is -0.0104. The first-order valence-corrected chi connectivity index (χ1v) is 4.21. The van der Waals surface area contributed by atoms with Crippen LogP contribution in [0.4, 0.5) is 0 Å². The first-order valence-electron chi connectivity index (χ1n) is 4.21. The summed E-state index contributed by atoms with van der Waals surface area (Å²) in [6, 6.07) is 0. The van der Waals surface area contributed by atoms with Gasteiger partial charge >= 0.3 is 0 Å². The van der Waals surface area contributed by atoms with Crippen LogP contribution in [0, 0.1) is 0 Å².